The number of halogens is 1. The van der Waals surface area contributed by atoms with Crippen LogP contribution in [0.3, 0.4) is 0 Å². The number of primary amides is 1. The van der Waals surface area contributed by atoms with Gasteiger partial charge in [0.25, 0.3) is 11.8 Å². The third kappa shape index (κ3) is 3.89. The average Bonchev–Trinajstić information content (AvgIpc) is 2.73. The van der Waals surface area contributed by atoms with E-state index in [1.165, 1.54) is 12.5 Å². The molecule has 29 heavy (non-hydrogen) atoms. The second-order valence-corrected chi connectivity index (χ2v) is 7.12. The highest BCUT2D eigenvalue weighted by Gasteiger charge is 2.19. The molecule has 2 amide bonds. The highest BCUT2D eigenvalue weighted by molar-refractivity contribution is 6.14. The standard InChI is InChI=1S/C22H21FN4O2/c23-15-11-14-5-4-8-25-20(14)18(12-15)22(29)26-19-7-6-16(13-17(19)21(24)28)27-9-2-1-3-10-27/h4-8,11-13H,1-3,9-10H2,(H2,24,28)(H,26,29). The molecule has 2 heterocycles. The number of fused-ring (bicyclic) bond motifs is 1. The van der Waals surface area contributed by atoms with Crippen LogP contribution >= 0.6 is 0 Å². The molecule has 2 aromatic carbocycles. The molecule has 7 heteroatoms. The molecule has 1 aromatic heterocycles. The van der Waals surface area contributed by atoms with E-state index < -0.39 is 17.6 Å². The van der Waals surface area contributed by atoms with Gasteiger partial charge in [-0.05, 0) is 55.7 Å². The molecule has 0 atom stereocenters. The van der Waals surface area contributed by atoms with Crippen LogP contribution in [0.1, 0.15) is 40.0 Å². The van der Waals surface area contributed by atoms with Crippen molar-refractivity contribution in [3.8, 4) is 0 Å². The van der Waals surface area contributed by atoms with Crippen LogP contribution in [0.25, 0.3) is 10.9 Å². The molecule has 1 fully saturated rings. The summed E-state index contributed by atoms with van der Waals surface area (Å²) in [6, 6.07) is 11.0. The lowest BCUT2D eigenvalue weighted by atomic mass is 10.1. The Labute approximate surface area is 167 Å². The summed E-state index contributed by atoms with van der Waals surface area (Å²) in [5, 5.41) is 3.21. The van der Waals surface area contributed by atoms with E-state index in [1.54, 1.807) is 30.5 Å². The Balaban J connectivity index is 1.67. The number of hydrogen-bond donors (Lipinski definition) is 2. The van der Waals surface area contributed by atoms with Gasteiger partial charge < -0.3 is 16.0 Å². The Kier molecular flexibility index (Phi) is 5.12. The van der Waals surface area contributed by atoms with Gasteiger partial charge in [0.1, 0.15) is 5.82 Å². The van der Waals surface area contributed by atoms with Crippen LogP contribution in [0, 0.1) is 5.82 Å². The zero-order valence-electron chi connectivity index (χ0n) is 15.8. The zero-order valence-corrected chi connectivity index (χ0v) is 15.8. The summed E-state index contributed by atoms with van der Waals surface area (Å²) >= 11 is 0. The van der Waals surface area contributed by atoms with Gasteiger partial charge in [-0.25, -0.2) is 4.39 Å². The molecule has 148 valence electrons. The number of aromatic nitrogens is 1. The van der Waals surface area contributed by atoms with Crippen LogP contribution in [0.15, 0.2) is 48.7 Å². The van der Waals surface area contributed by atoms with E-state index in [9.17, 15) is 14.0 Å². The molecule has 0 bridgehead atoms. The van der Waals surface area contributed by atoms with E-state index in [1.807, 2.05) is 6.07 Å². The molecule has 1 aliphatic rings. The number of piperidine rings is 1. The lowest BCUT2D eigenvalue weighted by molar-refractivity contribution is 0.100. The average molecular weight is 392 g/mol. The molecule has 0 aliphatic carbocycles. The first kappa shape index (κ1) is 18.9. The maximum atomic E-state index is 14.0. The predicted octanol–water partition coefficient (Wildman–Crippen LogP) is 3.72. The first-order valence-corrected chi connectivity index (χ1v) is 9.57. The van der Waals surface area contributed by atoms with Crippen molar-refractivity contribution in [3.63, 3.8) is 0 Å². The SMILES string of the molecule is NC(=O)c1cc(N2CCCCC2)ccc1NC(=O)c1cc(F)cc2cccnc12. The van der Waals surface area contributed by atoms with E-state index >= 15 is 0 Å². The number of carbonyl (C=O) groups excluding carboxylic acids is 2. The summed E-state index contributed by atoms with van der Waals surface area (Å²) in [6.07, 6.45) is 4.94. The minimum Gasteiger partial charge on any atom is -0.372 e. The Bertz CT molecular complexity index is 1090. The van der Waals surface area contributed by atoms with E-state index in [-0.39, 0.29) is 16.8 Å². The number of pyridine rings is 1. The molecule has 3 aromatic rings. The number of carbonyl (C=O) groups is 2. The summed E-state index contributed by atoms with van der Waals surface area (Å²) in [5.41, 5.74) is 7.44. The van der Waals surface area contributed by atoms with Crippen LogP contribution in [0.4, 0.5) is 15.8 Å². The van der Waals surface area contributed by atoms with Gasteiger partial charge in [0.05, 0.1) is 22.3 Å². The van der Waals surface area contributed by atoms with Crippen molar-refractivity contribution < 1.29 is 14.0 Å². The Morgan fingerprint density at radius 3 is 2.59 bits per heavy atom. The molecular weight excluding hydrogens is 371 g/mol. The molecule has 0 unspecified atom stereocenters. The minimum absolute atomic E-state index is 0.0936. The molecule has 3 N–H and O–H groups in total. The minimum atomic E-state index is -0.638. The second kappa shape index (κ2) is 7.87. The lowest BCUT2D eigenvalue weighted by Crippen LogP contribution is -2.29. The third-order valence-corrected chi connectivity index (χ3v) is 5.15. The fraction of sp³-hybridized carbons (Fsp3) is 0.227. The number of hydrogen-bond acceptors (Lipinski definition) is 4. The molecule has 1 saturated heterocycles. The Hall–Kier alpha value is -3.48. The maximum absolute atomic E-state index is 14.0. The summed E-state index contributed by atoms with van der Waals surface area (Å²) in [7, 11) is 0. The third-order valence-electron chi connectivity index (χ3n) is 5.15. The fourth-order valence-corrected chi connectivity index (χ4v) is 3.71. The molecule has 0 radical (unpaired) electrons. The molecular formula is C22H21FN4O2. The second-order valence-electron chi connectivity index (χ2n) is 7.12. The molecule has 6 nitrogen and oxygen atoms in total. The number of benzene rings is 2. The summed E-state index contributed by atoms with van der Waals surface area (Å²) in [6.45, 7) is 1.84. The van der Waals surface area contributed by atoms with Crippen LogP contribution < -0.4 is 16.0 Å². The van der Waals surface area contributed by atoms with Crippen molar-refractivity contribution in [1.82, 2.24) is 4.98 Å². The predicted molar refractivity (Wildman–Crippen MR) is 111 cm³/mol. The van der Waals surface area contributed by atoms with Crippen molar-refractivity contribution in [3.05, 3.63) is 65.6 Å². The fourth-order valence-electron chi connectivity index (χ4n) is 3.71. The van der Waals surface area contributed by atoms with Gasteiger partial charge >= 0.3 is 0 Å². The van der Waals surface area contributed by atoms with E-state index in [0.29, 0.717) is 10.9 Å². The van der Waals surface area contributed by atoms with Crippen molar-refractivity contribution >= 4 is 34.1 Å². The van der Waals surface area contributed by atoms with Crippen LogP contribution in [-0.4, -0.2) is 29.9 Å². The molecule has 4 rings (SSSR count). The summed E-state index contributed by atoms with van der Waals surface area (Å²) in [5.74, 6) is -1.73. The Morgan fingerprint density at radius 1 is 1.03 bits per heavy atom. The van der Waals surface area contributed by atoms with E-state index in [0.717, 1.165) is 37.7 Å². The lowest BCUT2D eigenvalue weighted by Gasteiger charge is -2.29. The van der Waals surface area contributed by atoms with Gasteiger partial charge in [-0.3, -0.25) is 14.6 Å². The van der Waals surface area contributed by atoms with Gasteiger partial charge in [0, 0.05) is 30.4 Å². The normalized spacial score (nSPS) is 14.0. The van der Waals surface area contributed by atoms with Gasteiger partial charge in [-0.2, -0.15) is 0 Å². The van der Waals surface area contributed by atoms with Gasteiger partial charge in [-0.15, -0.1) is 0 Å². The number of anilines is 2. The Morgan fingerprint density at radius 2 is 1.83 bits per heavy atom. The smallest absolute Gasteiger partial charge is 0.258 e. The molecule has 0 saturated carbocycles. The van der Waals surface area contributed by atoms with E-state index in [4.69, 9.17) is 5.73 Å². The number of nitrogens with zero attached hydrogens (tertiary/aromatic N) is 2. The van der Waals surface area contributed by atoms with Gasteiger partial charge in [-0.1, -0.05) is 6.07 Å². The molecule has 1 aliphatic heterocycles. The highest BCUT2D eigenvalue weighted by Crippen LogP contribution is 2.27. The van der Waals surface area contributed by atoms with E-state index in [2.05, 4.69) is 15.2 Å². The zero-order chi connectivity index (χ0) is 20.4. The van der Waals surface area contributed by atoms with Crippen molar-refractivity contribution in [2.75, 3.05) is 23.3 Å². The van der Waals surface area contributed by atoms with Gasteiger partial charge in [0.2, 0.25) is 0 Å². The van der Waals surface area contributed by atoms with Crippen molar-refractivity contribution in [1.29, 1.82) is 0 Å². The van der Waals surface area contributed by atoms with Gasteiger partial charge in [0.15, 0.2) is 0 Å². The molecule has 0 spiro atoms. The van der Waals surface area contributed by atoms with Crippen molar-refractivity contribution in [2.24, 2.45) is 5.73 Å². The summed E-state index contributed by atoms with van der Waals surface area (Å²) < 4.78 is 14.0. The van der Waals surface area contributed by atoms with Crippen LogP contribution in [-0.2, 0) is 0 Å². The number of amides is 2. The van der Waals surface area contributed by atoms with Crippen LogP contribution in [0.5, 0.6) is 0 Å². The number of nitrogens with one attached hydrogen (secondary N) is 1. The summed E-state index contributed by atoms with van der Waals surface area (Å²) in [4.78, 5) is 31.3. The first-order valence-electron chi connectivity index (χ1n) is 9.57. The quantitative estimate of drug-likeness (QED) is 0.708. The number of nitrogens with two attached hydrogens (primary N) is 1. The highest BCUT2D eigenvalue weighted by atomic mass is 19.1. The first-order chi connectivity index (χ1) is 14.0. The largest absolute Gasteiger partial charge is 0.372 e. The maximum Gasteiger partial charge on any atom is 0.258 e. The number of rotatable bonds is 4. The van der Waals surface area contributed by atoms with Crippen LogP contribution in [0.2, 0.25) is 0 Å². The topological polar surface area (TPSA) is 88.3 Å². The monoisotopic (exact) mass is 392 g/mol. The van der Waals surface area contributed by atoms with Crippen molar-refractivity contribution in [2.45, 2.75) is 19.3 Å².